The number of aryl methyl sites for hydroxylation is 1. The first-order chi connectivity index (χ1) is 12.8. The number of nitrogens with two attached hydrogens (primary N) is 1. The molecular formula is C18H13Cl2F2N3O2. The Hall–Kier alpha value is -2.64. The second-order valence-corrected chi connectivity index (χ2v) is 6.46. The lowest BCUT2D eigenvalue weighted by molar-refractivity contribution is -0.116. The molecule has 1 heterocycles. The number of halogens is 4. The first kappa shape index (κ1) is 19.1. The van der Waals surface area contributed by atoms with Crippen molar-refractivity contribution in [3.05, 3.63) is 64.1 Å². The van der Waals surface area contributed by atoms with Gasteiger partial charge in [0.15, 0.2) is 11.7 Å². The van der Waals surface area contributed by atoms with E-state index in [-0.39, 0.29) is 51.7 Å². The monoisotopic (exact) mass is 411 g/mol. The van der Waals surface area contributed by atoms with Crippen molar-refractivity contribution < 1.29 is 18.0 Å². The van der Waals surface area contributed by atoms with Crippen LogP contribution in [-0.2, 0) is 11.2 Å². The van der Waals surface area contributed by atoms with Crippen LogP contribution in [0.3, 0.4) is 0 Å². The van der Waals surface area contributed by atoms with Crippen molar-refractivity contribution in [3.8, 4) is 11.3 Å². The van der Waals surface area contributed by atoms with Crippen molar-refractivity contribution in [2.75, 3.05) is 11.1 Å². The number of aromatic nitrogens is 1. The van der Waals surface area contributed by atoms with Crippen LogP contribution in [0.5, 0.6) is 0 Å². The maximum atomic E-state index is 13.8. The minimum Gasteiger partial charge on any atom is -0.441 e. The van der Waals surface area contributed by atoms with Crippen molar-refractivity contribution in [1.29, 1.82) is 0 Å². The van der Waals surface area contributed by atoms with E-state index in [4.69, 9.17) is 33.4 Å². The van der Waals surface area contributed by atoms with Gasteiger partial charge in [0.2, 0.25) is 5.91 Å². The van der Waals surface area contributed by atoms with Gasteiger partial charge in [-0.3, -0.25) is 4.79 Å². The number of amides is 1. The van der Waals surface area contributed by atoms with Crippen molar-refractivity contribution in [2.24, 2.45) is 0 Å². The maximum absolute atomic E-state index is 13.8. The van der Waals surface area contributed by atoms with E-state index in [2.05, 4.69) is 10.3 Å². The van der Waals surface area contributed by atoms with Gasteiger partial charge in [-0.05, 0) is 24.3 Å². The van der Waals surface area contributed by atoms with E-state index in [1.807, 2.05) is 0 Å². The standard InChI is InChI=1S/C18H13Cl2F2N3O2/c19-12-6-10(7-13(20)18(12)23)25-16(26)3-4-17-24-8-15(27-17)11-2-1-9(21)5-14(11)22/h1-2,5-8H,3-4,23H2,(H,25,26). The molecule has 0 fully saturated rings. The van der Waals surface area contributed by atoms with E-state index in [0.29, 0.717) is 5.69 Å². The summed E-state index contributed by atoms with van der Waals surface area (Å²) in [6, 6.07) is 6.11. The average Bonchev–Trinajstić information content (AvgIpc) is 3.06. The molecule has 0 aliphatic rings. The number of carbonyl (C=O) groups is 1. The Morgan fingerprint density at radius 1 is 1.19 bits per heavy atom. The normalized spacial score (nSPS) is 10.8. The first-order valence-electron chi connectivity index (χ1n) is 7.78. The van der Waals surface area contributed by atoms with Gasteiger partial charge in [0, 0.05) is 24.6 Å². The number of oxazole rings is 1. The number of carbonyl (C=O) groups excluding carboxylic acids is 1. The minimum absolute atomic E-state index is 0.0610. The summed E-state index contributed by atoms with van der Waals surface area (Å²) in [5.41, 5.74) is 6.37. The summed E-state index contributed by atoms with van der Waals surface area (Å²) in [5.74, 6) is -1.36. The van der Waals surface area contributed by atoms with Crippen LogP contribution in [0.2, 0.25) is 10.0 Å². The number of benzene rings is 2. The molecule has 0 bridgehead atoms. The lowest BCUT2D eigenvalue weighted by Crippen LogP contribution is -2.12. The molecule has 0 spiro atoms. The fourth-order valence-electron chi connectivity index (χ4n) is 2.34. The maximum Gasteiger partial charge on any atom is 0.224 e. The Morgan fingerprint density at radius 2 is 1.89 bits per heavy atom. The smallest absolute Gasteiger partial charge is 0.224 e. The van der Waals surface area contributed by atoms with Crippen LogP contribution in [0, 0.1) is 11.6 Å². The van der Waals surface area contributed by atoms with E-state index in [9.17, 15) is 13.6 Å². The van der Waals surface area contributed by atoms with E-state index in [1.165, 1.54) is 24.4 Å². The molecule has 2 aromatic carbocycles. The molecule has 1 aromatic heterocycles. The fourth-order valence-corrected chi connectivity index (χ4v) is 2.83. The van der Waals surface area contributed by atoms with Gasteiger partial charge >= 0.3 is 0 Å². The predicted molar refractivity (Wildman–Crippen MR) is 99.7 cm³/mol. The third kappa shape index (κ3) is 4.56. The molecular weight excluding hydrogens is 399 g/mol. The van der Waals surface area contributed by atoms with Gasteiger partial charge in [0.25, 0.3) is 0 Å². The molecule has 0 saturated carbocycles. The molecule has 3 rings (SSSR count). The quantitative estimate of drug-likeness (QED) is 0.573. The van der Waals surface area contributed by atoms with Gasteiger partial charge in [-0.2, -0.15) is 0 Å². The average molecular weight is 412 g/mol. The molecule has 0 saturated heterocycles. The summed E-state index contributed by atoms with van der Waals surface area (Å²) in [6.45, 7) is 0. The predicted octanol–water partition coefficient (Wildman–Crippen LogP) is 5.08. The molecule has 5 nitrogen and oxygen atoms in total. The van der Waals surface area contributed by atoms with Crippen molar-refractivity contribution in [3.63, 3.8) is 0 Å². The second kappa shape index (κ2) is 7.94. The van der Waals surface area contributed by atoms with Gasteiger partial charge < -0.3 is 15.5 Å². The first-order valence-corrected chi connectivity index (χ1v) is 8.53. The molecule has 0 aliphatic carbocycles. The molecule has 140 valence electrons. The molecule has 3 aromatic rings. The minimum atomic E-state index is -0.757. The fraction of sp³-hybridized carbons (Fsp3) is 0.111. The Bertz CT molecular complexity index is 985. The molecule has 1 amide bonds. The highest BCUT2D eigenvalue weighted by Crippen LogP contribution is 2.31. The van der Waals surface area contributed by atoms with Crippen molar-refractivity contribution in [1.82, 2.24) is 4.98 Å². The lowest BCUT2D eigenvalue weighted by Gasteiger charge is -2.08. The summed E-state index contributed by atoms with van der Waals surface area (Å²) in [4.78, 5) is 16.1. The van der Waals surface area contributed by atoms with Crippen LogP contribution >= 0.6 is 23.2 Å². The van der Waals surface area contributed by atoms with Crippen molar-refractivity contribution in [2.45, 2.75) is 12.8 Å². The topological polar surface area (TPSA) is 81.1 Å². The number of nitrogens with one attached hydrogen (secondary N) is 1. The number of rotatable bonds is 5. The van der Waals surface area contributed by atoms with E-state index < -0.39 is 11.6 Å². The number of nitrogen functional groups attached to an aromatic ring is 1. The Balaban J connectivity index is 1.62. The molecule has 0 atom stereocenters. The lowest BCUT2D eigenvalue weighted by atomic mass is 10.2. The molecule has 3 N–H and O–H groups in total. The highest BCUT2D eigenvalue weighted by Gasteiger charge is 2.13. The number of hydrogen-bond acceptors (Lipinski definition) is 4. The zero-order valence-electron chi connectivity index (χ0n) is 13.7. The molecule has 0 unspecified atom stereocenters. The van der Waals surface area contributed by atoms with Crippen LogP contribution in [0.15, 0.2) is 40.9 Å². The molecule has 0 aliphatic heterocycles. The van der Waals surface area contributed by atoms with Crippen LogP contribution in [0.1, 0.15) is 12.3 Å². The van der Waals surface area contributed by atoms with Gasteiger partial charge in [-0.25, -0.2) is 13.8 Å². The third-order valence-corrected chi connectivity index (χ3v) is 4.30. The Morgan fingerprint density at radius 3 is 2.56 bits per heavy atom. The molecule has 27 heavy (non-hydrogen) atoms. The highest BCUT2D eigenvalue weighted by molar-refractivity contribution is 6.39. The highest BCUT2D eigenvalue weighted by atomic mass is 35.5. The number of anilines is 2. The summed E-state index contributed by atoms with van der Waals surface area (Å²) >= 11 is 11.8. The molecule has 9 heteroatoms. The summed E-state index contributed by atoms with van der Waals surface area (Å²) in [6.07, 6.45) is 1.57. The van der Waals surface area contributed by atoms with E-state index in [0.717, 1.165) is 12.1 Å². The molecule has 0 radical (unpaired) electrons. The second-order valence-electron chi connectivity index (χ2n) is 5.64. The third-order valence-electron chi connectivity index (χ3n) is 3.68. The van der Waals surface area contributed by atoms with Crippen LogP contribution in [0.25, 0.3) is 11.3 Å². The van der Waals surface area contributed by atoms with Crippen LogP contribution in [0.4, 0.5) is 20.2 Å². The summed E-state index contributed by atoms with van der Waals surface area (Å²) in [5, 5.41) is 3.11. The van der Waals surface area contributed by atoms with Gasteiger partial charge in [0.05, 0.1) is 27.5 Å². The zero-order valence-corrected chi connectivity index (χ0v) is 15.2. The SMILES string of the molecule is Nc1c(Cl)cc(NC(=O)CCc2ncc(-c3ccc(F)cc3F)o2)cc1Cl. The van der Waals surface area contributed by atoms with Crippen LogP contribution < -0.4 is 11.1 Å². The van der Waals surface area contributed by atoms with Gasteiger partial charge in [-0.15, -0.1) is 0 Å². The van der Waals surface area contributed by atoms with Crippen LogP contribution in [-0.4, -0.2) is 10.9 Å². The van der Waals surface area contributed by atoms with E-state index in [1.54, 1.807) is 0 Å². The summed E-state index contributed by atoms with van der Waals surface area (Å²) < 4.78 is 32.2. The Labute approximate surface area is 163 Å². The van der Waals surface area contributed by atoms with E-state index >= 15 is 0 Å². The summed E-state index contributed by atoms with van der Waals surface area (Å²) in [7, 11) is 0. The van der Waals surface area contributed by atoms with Gasteiger partial charge in [-0.1, -0.05) is 23.2 Å². The number of nitrogens with zero attached hydrogens (tertiary/aromatic N) is 1. The van der Waals surface area contributed by atoms with Crippen molar-refractivity contribution >= 4 is 40.5 Å². The zero-order chi connectivity index (χ0) is 19.6. The largest absolute Gasteiger partial charge is 0.441 e. The number of hydrogen-bond donors (Lipinski definition) is 2. The Kier molecular flexibility index (Phi) is 5.62. The van der Waals surface area contributed by atoms with Gasteiger partial charge in [0.1, 0.15) is 11.6 Å².